The molecule has 0 aromatic heterocycles. The van der Waals surface area contributed by atoms with Gasteiger partial charge in [0.15, 0.2) is 0 Å². The van der Waals surface area contributed by atoms with Gasteiger partial charge in [0.2, 0.25) is 5.91 Å². The molecule has 0 heterocycles. The number of para-hydroxylation sites is 1. The Morgan fingerprint density at radius 2 is 2.04 bits per heavy atom. The first kappa shape index (κ1) is 16.2. The average molecular weight is 312 g/mol. The molecule has 0 aliphatic heterocycles. The van der Waals surface area contributed by atoms with E-state index in [1.165, 1.54) is 24.3 Å². The Hall–Kier alpha value is -3.15. The number of hydrogen-bond donors (Lipinski definition) is 1. The highest BCUT2D eigenvalue weighted by Crippen LogP contribution is 2.20. The average Bonchev–Trinajstić information content (AvgIpc) is 2.54. The summed E-state index contributed by atoms with van der Waals surface area (Å²) in [5, 5.41) is 13.3. The Kier molecular flexibility index (Phi) is 5.46. The maximum absolute atomic E-state index is 11.9. The van der Waals surface area contributed by atoms with Crippen molar-refractivity contribution < 1.29 is 14.5 Å². The molecule has 2 aromatic rings. The number of non-ortho nitro benzene ring substituents is 1. The Bertz CT molecular complexity index is 741. The molecule has 1 N–H and O–H groups in total. The highest BCUT2D eigenvalue weighted by molar-refractivity contribution is 6.02. The lowest BCUT2D eigenvalue weighted by atomic mass is 10.2. The molecular formula is C17H16N2O4. The van der Waals surface area contributed by atoms with Crippen LogP contribution in [0, 0.1) is 10.1 Å². The molecule has 0 unspecified atom stereocenters. The van der Waals surface area contributed by atoms with Gasteiger partial charge in [-0.15, -0.1) is 0 Å². The molecule has 118 valence electrons. The van der Waals surface area contributed by atoms with Crippen LogP contribution in [0.5, 0.6) is 5.75 Å². The lowest BCUT2D eigenvalue weighted by Crippen LogP contribution is -2.07. The van der Waals surface area contributed by atoms with Gasteiger partial charge in [0, 0.05) is 29.5 Å². The summed E-state index contributed by atoms with van der Waals surface area (Å²) in [6.45, 7) is 2.42. The number of benzene rings is 2. The Morgan fingerprint density at radius 3 is 2.78 bits per heavy atom. The summed E-state index contributed by atoms with van der Waals surface area (Å²) in [6, 6.07) is 13.1. The van der Waals surface area contributed by atoms with E-state index in [1.807, 2.05) is 31.2 Å². The van der Waals surface area contributed by atoms with Gasteiger partial charge in [-0.1, -0.05) is 24.3 Å². The van der Waals surface area contributed by atoms with Crippen molar-refractivity contribution in [2.45, 2.75) is 6.92 Å². The molecule has 0 spiro atoms. The zero-order valence-corrected chi connectivity index (χ0v) is 12.6. The molecule has 1 amide bonds. The van der Waals surface area contributed by atoms with Crippen molar-refractivity contribution in [3.63, 3.8) is 0 Å². The van der Waals surface area contributed by atoms with Gasteiger partial charge < -0.3 is 10.1 Å². The molecule has 23 heavy (non-hydrogen) atoms. The number of hydrogen-bond acceptors (Lipinski definition) is 4. The van der Waals surface area contributed by atoms with Crippen LogP contribution in [-0.2, 0) is 4.79 Å². The summed E-state index contributed by atoms with van der Waals surface area (Å²) in [6.07, 6.45) is 2.99. The summed E-state index contributed by atoms with van der Waals surface area (Å²) in [5.74, 6) is 0.311. The van der Waals surface area contributed by atoms with Gasteiger partial charge in [0.05, 0.1) is 11.5 Å². The van der Waals surface area contributed by atoms with Crippen molar-refractivity contribution in [1.29, 1.82) is 0 Å². The molecule has 0 saturated carbocycles. The molecule has 2 rings (SSSR count). The zero-order valence-electron chi connectivity index (χ0n) is 12.6. The number of nitro benzene ring substituents is 1. The van der Waals surface area contributed by atoms with Crippen LogP contribution in [0.15, 0.2) is 54.6 Å². The molecular weight excluding hydrogens is 296 g/mol. The third-order valence-corrected chi connectivity index (χ3v) is 2.96. The quantitative estimate of drug-likeness (QED) is 0.501. The maximum atomic E-state index is 11.9. The molecule has 0 fully saturated rings. The lowest BCUT2D eigenvalue weighted by molar-refractivity contribution is -0.384. The molecule has 2 aromatic carbocycles. The van der Waals surface area contributed by atoms with Crippen molar-refractivity contribution in [2.24, 2.45) is 0 Å². The predicted octanol–water partition coefficient (Wildman–Crippen LogP) is 3.65. The summed E-state index contributed by atoms with van der Waals surface area (Å²) < 4.78 is 5.47. The lowest BCUT2D eigenvalue weighted by Gasteiger charge is -2.06. The number of ether oxygens (including phenoxy) is 1. The Labute approximate surface area is 133 Å². The number of nitro groups is 1. The smallest absolute Gasteiger partial charge is 0.271 e. The normalized spacial score (nSPS) is 10.5. The second kappa shape index (κ2) is 7.74. The number of rotatable bonds is 6. The van der Waals surface area contributed by atoms with E-state index in [-0.39, 0.29) is 11.6 Å². The van der Waals surface area contributed by atoms with Gasteiger partial charge >= 0.3 is 0 Å². The standard InChI is InChI=1S/C17H16N2O4/c1-2-23-16-9-4-3-6-13(16)10-11-17(20)18-14-7-5-8-15(12-14)19(21)22/h3-12H,2H2,1H3,(H,18,20)/b11-10+. The molecule has 0 saturated heterocycles. The topological polar surface area (TPSA) is 81.5 Å². The second-order valence-electron chi connectivity index (χ2n) is 4.60. The van der Waals surface area contributed by atoms with Crippen LogP contribution in [0.1, 0.15) is 12.5 Å². The van der Waals surface area contributed by atoms with E-state index in [0.29, 0.717) is 18.0 Å². The minimum Gasteiger partial charge on any atom is -0.493 e. The molecule has 0 radical (unpaired) electrons. The summed E-state index contributed by atoms with van der Waals surface area (Å²) in [7, 11) is 0. The van der Waals surface area contributed by atoms with Crippen molar-refractivity contribution in [3.05, 3.63) is 70.3 Å². The maximum Gasteiger partial charge on any atom is 0.271 e. The van der Waals surface area contributed by atoms with Crippen LogP contribution >= 0.6 is 0 Å². The monoisotopic (exact) mass is 312 g/mol. The minimum absolute atomic E-state index is 0.0755. The van der Waals surface area contributed by atoms with E-state index >= 15 is 0 Å². The number of nitrogens with one attached hydrogen (secondary N) is 1. The number of carbonyl (C=O) groups excluding carboxylic acids is 1. The fourth-order valence-electron chi connectivity index (χ4n) is 1.95. The first-order chi connectivity index (χ1) is 11.1. The summed E-state index contributed by atoms with van der Waals surface area (Å²) >= 11 is 0. The van der Waals surface area contributed by atoms with Crippen LogP contribution in [0.25, 0.3) is 6.08 Å². The predicted molar refractivity (Wildman–Crippen MR) is 88.4 cm³/mol. The molecule has 0 aliphatic carbocycles. The fraction of sp³-hybridized carbons (Fsp3) is 0.118. The third-order valence-electron chi connectivity index (χ3n) is 2.96. The number of carbonyl (C=O) groups is 1. The van der Waals surface area contributed by atoms with Gasteiger partial charge in [-0.2, -0.15) is 0 Å². The van der Waals surface area contributed by atoms with E-state index in [1.54, 1.807) is 12.1 Å². The molecule has 6 nitrogen and oxygen atoms in total. The Balaban J connectivity index is 2.08. The van der Waals surface area contributed by atoms with Gasteiger partial charge in [-0.25, -0.2) is 0 Å². The van der Waals surface area contributed by atoms with Crippen molar-refractivity contribution in [2.75, 3.05) is 11.9 Å². The number of nitrogens with zero attached hydrogens (tertiary/aromatic N) is 1. The highest BCUT2D eigenvalue weighted by atomic mass is 16.6. The van der Waals surface area contributed by atoms with Crippen molar-refractivity contribution in [3.8, 4) is 5.75 Å². The first-order valence-corrected chi connectivity index (χ1v) is 7.05. The first-order valence-electron chi connectivity index (χ1n) is 7.05. The van der Waals surface area contributed by atoms with Gasteiger partial charge in [-0.3, -0.25) is 14.9 Å². The molecule has 0 aliphatic rings. The van der Waals surface area contributed by atoms with E-state index < -0.39 is 4.92 Å². The van der Waals surface area contributed by atoms with Crippen LogP contribution in [0.3, 0.4) is 0 Å². The summed E-state index contributed by atoms with van der Waals surface area (Å²) in [4.78, 5) is 22.1. The third kappa shape index (κ3) is 4.67. The molecule has 6 heteroatoms. The van der Waals surface area contributed by atoms with Crippen molar-refractivity contribution in [1.82, 2.24) is 0 Å². The van der Waals surface area contributed by atoms with Crippen molar-refractivity contribution >= 4 is 23.4 Å². The molecule has 0 atom stereocenters. The molecule has 0 bridgehead atoms. The Morgan fingerprint density at radius 1 is 1.26 bits per heavy atom. The van der Waals surface area contributed by atoms with Crippen LogP contribution in [-0.4, -0.2) is 17.4 Å². The van der Waals surface area contributed by atoms with E-state index in [0.717, 1.165) is 5.56 Å². The van der Waals surface area contributed by atoms with Gasteiger partial charge in [0.25, 0.3) is 5.69 Å². The van der Waals surface area contributed by atoms with Gasteiger partial charge in [0.1, 0.15) is 5.75 Å². The largest absolute Gasteiger partial charge is 0.493 e. The van der Waals surface area contributed by atoms with Crippen LogP contribution < -0.4 is 10.1 Å². The van der Waals surface area contributed by atoms with E-state index in [4.69, 9.17) is 4.74 Å². The fourth-order valence-corrected chi connectivity index (χ4v) is 1.95. The van der Waals surface area contributed by atoms with Gasteiger partial charge in [-0.05, 0) is 25.1 Å². The number of anilines is 1. The minimum atomic E-state index is -0.510. The summed E-state index contributed by atoms with van der Waals surface area (Å²) in [5.41, 5.74) is 1.07. The van der Waals surface area contributed by atoms with E-state index in [2.05, 4.69) is 5.32 Å². The SMILES string of the molecule is CCOc1ccccc1/C=C/C(=O)Nc1cccc([N+](=O)[O-])c1. The zero-order chi connectivity index (χ0) is 16.7. The van der Waals surface area contributed by atoms with Crippen LogP contribution in [0.2, 0.25) is 0 Å². The number of amides is 1. The van der Waals surface area contributed by atoms with Crippen LogP contribution in [0.4, 0.5) is 11.4 Å². The highest BCUT2D eigenvalue weighted by Gasteiger charge is 2.07. The van der Waals surface area contributed by atoms with E-state index in [9.17, 15) is 14.9 Å². The second-order valence-corrected chi connectivity index (χ2v) is 4.60.